The lowest BCUT2D eigenvalue weighted by atomic mass is 10.0. The van der Waals surface area contributed by atoms with Crippen LogP contribution < -0.4 is 10.6 Å². The molecule has 1 rings (SSSR count). The highest BCUT2D eigenvalue weighted by molar-refractivity contribution is 14.0. The summed E-state index contributed by atoms with van der Waals surface area (Å²) < 4.78 is 5.77. The van der Waals surface area contributed by atoms with Gasteiger partial charge in [0.2, 0.25) is 0 Å². The molecule has 0 aliphatic rings. The van der Waals surface area contributed by atoms with Crippen LogP contribution in [0.2, 0.25) is 0 Å². The third-order valence-corrected chi connectivity index (χ3v) is 5.05. The van der Waals surface area contributed by atoms with Crippen molar-refractivity contribution < 1.29 is 4.74 Å². The van der Waals surface area contributed by atoms with Gasteiger partial charge in [0.05, 0.1) is 16.8 Å². The molecule has 0 spiro atoms. The van der Waals surface area contributed by atoms with E-state index >= 15 is 0 Å². The van der Waals surface area contributed by atoms with E-state index < -0.39 is 0 Å². The smallest absolute Gasteiger partial charge is 0.190 e. The largest absolute Gasteiger partial charge is 0.378 e. The topological polar surface area (TPSA) is 58.5 Å². The summed E-state index contributed by atoms with van der Waals surface area (Å²) in [5.41, 5.74) is 1.23. The van der Waals surface area contributed by atoms with Gasteiger partial charge in [0, 0.05) is 38.0 Å². The Bertz CT molecular complexity index is 505. The molecule has 0 aliphatic heterocycles. The second kappa shape index (κ2) is 13.7. The summed E-state index contributed by atoms with van der Waals surface area (Å²) in [4.78, 5) is 10.3. The van der Waals surface area contributed by atoms with Crippen molar-refractivity contribution in [3.05, 3.63) is 15.6 Å². The minimum Gasteiger partial charge on any atom is -0.378 e. The van der Waals surface area contributed by atoms with Gasteiger partial charge in [-0.15, -0.1) is 35.3 Å². The standard InChI is InChI=1S/C18H34N4OS.HI/c1-7-15-14(5)24-17(22-15)10-12-21-18(19-6)20-11-9-16(13(3)4)23-8-2;/h13,16H,7-12H2,1-6H3,(H2,19,20,21);1H. The van der Waals surface area contributed by atoms with E-state index in [1.54, 1.807) is 18.4 Å². The predicted octanol–water partition coefficient (Wildman–Crippen LogP) is 3.79. The Kier molecular flexibility index (Phi) is 13.5. The molecule has 0 aliphatic carbocycles. The normalized spacial score (nSPS) is 12.8. The van der Waals surface area contributed by atoms with Crippen LogP contribution in [0.5, 0.6) is 0 Å². The van der Waals surface area contributed by atoms with Crippen LogP contribution in [0.3, 0.4) is 0 Å². The minimum absolute atomic E-state index is 0. The van der Waals surface area contributed by atoms with Crippen LogP contribution in [0.1, 0.15) is 49.7 Å². The van der Waals surface area contributed by atoms with Gasteiger partial charge in [0.1, 0.15) is 0 Å². The van der Waals surface area contributed by atoms with Crippen molar-refractivity contribution in [3.8, 4) is 0 Å². The van der Waals surface area contributed by atoms with Gasteiger partial charge in [-0.2, -0.15) is 0 Å². The van der Waals surface area contributed by atoms with E-state index in [2.05, 4.69) is 48.3 Å². The number of halogens is 1. The average Bonchev–Trinajstić information content (AvgIpc) is 2.92. The highest BCUT2D eigenvalue weighted by atomic mass is 127. The number of aryl methyl sites for hydroxylation is 2. The first-order valence-corrected chi connectivity index (χ1v) is 9.84. The Morgan fingerprint density at radius 2 is 1.92 bits per heavy atom. The van der Waals surface area contributed by atoms with E-state index in [4.69, 9.17) is 4.74 Å². The van der Waals surface area contributed by atoms with Crippen LogP contribution >= 0.6 is 35.3 Å². The second-order valence-electron chi connectivity index (χ2n) is 6.17. The molecule has 0 amide bonds. The highest BCUT2D eigenvalue weighted by Crippen LogP contribution is 2.17. The van der Waals surface area contributed by atoms with Crippen LogP contribution in [-0.4, -0.2) is 43.8 Å². The lowest BCUT2D eigenvalue weighted by Crippen LogP contribution is -2.40. The molecule has 1 unspecified atom stereocenters. The summed E-state index contributed by atoms with van der Waals surface area (Å²) >= 11 is 1.80. The molecule has 1 heterocycles. The van der Waals surface area contributed by atoms with Crippen molar-refractivity contribution in [1.82, 2.24) is 15.6 Å². The lowest BCUT2D eigenvalue weighted by molar-refractivity contribution is 0.0258. The molecule has 1 aromatic rings. The Hall–Kier alpha value is -0.410. The number of nitrogens with one attached hydrogen (secondary N) is 2. The summed E-state index contributed by atoms with van der Waals surface area (Å²) in [6.07, 6.45) is 3.22. The Morgan fingerprint density at radius 3 is 2.44 bits per heavy atom. The Balaban J connectivity index is 0.00000576. The van der Waals surface area contributed by atoms with Crippen molar-refractivity contribution >= 4 is 41.3 Å². The molecule has 1 aromatic heterocycles. The van der Waals surface area contributed by atoms with Gasteiger partial charge in [0.15, 0.2) is 5.96 Å². The Morgan fingerprint density at radius 1 is 1.24 bits per heavy atom. The van der Waals surface area contributed by atoms with Gasteiger partial charge in [-0.05, 0) is 32.6 Å². The maximum atomic E-state index is 5.77. The van der Waals surface area contributed by atoms with E-state index in [1.807, 2.05) is 6.92 Å². The van der Waals surface area contributed by atoms with Crippen molar-refractivity contribution in [2.75, 3.05) is 26.7 Å². The molecule has 25 heavy (non-hydrogen) atoms. The van der Waals surface area contributed by atoms with E-state index in [-0.39, 0.29) is 24.0 Å². The molecule has 1 atom stereocenters. The van der Waals surface area contributed by atoms with Crippen LogP contribution in [0.4, 0.5) is 0 Å². The van der Waals surface area contributed by atoms with Gasteiger partial charge >= 0.3 is 0 Å². The fourth-order valence-corrected chi connectivity index (χ4v) is 3.61. The SMILES string of the molecule is CCOC(CCNC(=NC)NCCc1nc(CC)c(C)s1)C(C)C.I. The highest BCUT2D eigenvalue weighted by Gasteiger charge is 2.13. The van der Waals surface area contributed by atoms with E-state index in [1.165, 1.54) is 15.6 Å². The van der Waals surface area contributed by atoms with Gasteiger partial charge in [-0.3, -0.25) is 4.99 Å². The van der Waals surface area contributed by atoms with Gasteiger partial charge in [-0.1, -0.05) is 20.8 Å². The summed E-state index contributed by atoms with van der Waals surface area (Å²) in [6.45, 7) is 13.2. The molecule has 2 N–H and O–H groups in total. The maximum Gasteiger partial charge on any atom is 0.190 e. The number of ether oxygens (including phenoxy) is 1. The molecule has 7 heteroatoms. The summed E-state index contributed by atoms with van der Waals surface area (Å²) in [5, 5.41) is 7.93. The number of thiazole rings is 1. The maximum absolute atomic E-state index is 5.77. The number of hydrogen-bond acceptors (Lipinski definition) is 4. The monoisotopic (exact) mass is 482 g/mol. The minimum atomic E-state index is 0. The third kappa shape index (κ3) is 9.19. The zero-order valence-corrected chi connectivity index (χ0v) is 19.7. The van der Waals surface area contributed by atoms with Crippen molar-refractivity contribution in [3.63, 3.8) is 0 Å². The van der Waals surface area contributed by atoms with Gasteiger partial charge < -0.3 is 15.4 Å². The first-order chi connectivity index (χ1) is 11.5. The fraction of sp³-hybridized carbons (Fsp3) is 0.778. The number of hydrogen-bond donors (Lipinski definition) is 2. The molecular formula is C18H35IN4OS. The third-order valence-electron chi connectivity index (χ3n) is 3.97. The molecule has 146 valence electrons. The second-order valence-corrected chi connectivity index (χ2v) is 7.45. The van der Waals surface area contributed by atoms with Crippen LogP contribution in [0, 0.1) is 12.8 Å². The zero-order chi connectivity index (χ0) is 17.9. The summed E-state index contributed by atoms with van der Waals surface area (Å²) in [7, 11) is 1.81. The fourth-order valence-electron chi connectivity index (χ4n) is 2.59. The van der Waals surface area contributed by atoms with Crippen LogP contribution in [-0.2, 0) is 17.6 Å². The molecule has 0 saturated carbocycles. The molecular weight excluding hydrogens is 447 g/mol. The first-order valence-electron chi connectivity index (χ1n) is 9.03. The average molecular weight is 482 g/mol. The van der Waals surface area contributed by atoms with E-state index in [0.29, 0.717) is 12.0 Å². The molecule has 0 saturated heterocycles. The quantitative estimate of drug-likeness (QED) is 0.303. The predicted molar refractivity (Wildman–Crippen MR) is 120 cm³/mol. The summed E-state index contributed by atoms with van der Waals surface area (Å²) in [6, 6.07) is 0. The number of nitrogens with zero attached hydrogens (tertiary/aromatic N) is 2. The lowest BCUT2D eigenvalue weighted by Gasteiger charge is -2.21. The van der Waals surface area contributed by atoms with Crippen molar-refractivity contribution in [2.45, 2.75) is 60.0 Å². The van der Waals surface area contributed by atoms with Crippen LogP contribution in [0.15, 0.2) is 4.99 Å². The molecule has 0 radical (unpaired) electrons. The number of rotatable bonds is 10. The van der Waals surface area contributed by atoms with Gasteiger partial charge in [-0.25, -0.2) is 4.98 Å². The molecule has 5 nitrogen and oxygen atoms in total. The molecule has 0 fully saturated rings. The Labute approximate surface area is 174 Å². The molecule has 0 aromatic carbocycles. The van der Waals surface area contributed by atoms with E-state index in [9.17, 15) is 0 Å². The zero-order valence-electron chi connectivity index (χ0n) is 16.5. The number of aromatic nitrogens is 1. The number of aliphatic imine (C=N–C) groups is 1. The van der Waals surface area contributed by atoms with Crippen molar-refractivity contribution in [1.29, 1.82) is 0 Å². The molecule has 0 bridgehead atoms. The number of guanidine groups is 1. The van der Waals surface area contributed by atoms with E-state index in [0.717, 1.165) is 44.9 Å². The van der Waals surface area contributed by atoms with Crippen LogP contribution in [0.25, 0.3) is 0 Å². The first kappa shape index (κ1) is 24.6. The van der Waals surface area contributed by atoms with Gasteiger partial charge in [0.25, 0.3) is 0 Å². The summed E-state index contributed by atoms with van der Waals surface area (Å²) in [5.74, 6) is 1.38. The van der Waals surface area contributed by atoms with Crippen molar-refractivity contribution in [2.24, 2.45) is 10.9 Å².